The summed E-state index contributed by atoms with van der Waals surface area (Å²) in [6, 6.07) is 0. The Hall–Kier alpha value is -2.33. The second-order valence-electron chi connectivity index (χ2n) is 11.0. The minimum Gasteiger partial charge on any atom is -0.466 e. The van der Waals surface area contributed by atoms with E-state index in [9.17, 15) is 14.4 Å². The normalized spacial score (nSPS) is 30.7. The Morgan fingerprint density at radius 1 is 1.00 bits per heavy atom. The number of Topliss-reactive ketones (excluding diaryl/α,β-unsaturated/α-hetero) is 1. The maximum atomic E-state index is 14.1. The molecule has 0 aromatic heterocycles. The molecule has 1 heterocycles. The van der Waals surface area contributed by atoms with Gasteiger partial charge < -0.3 is 18.9 Å². The lowest BCUT2D eigenvalue weighted by atomic mass is 9.51. The van der Waals surface area contributed by atoms with Crippen molar-refractivity contribution in [1.82, 2.24) is 0 Å². The van der Waals surface area contributed by atoms with Crippen molar-refractivity contribution in [3.63, 3.8) is 0 Å². The summed E-state index contributed by atoms with van der Waals surface area (Å²) in [7, 11) is 4.30. The summed E-state index contributed by atoms with van der Waals surface area (Å²) in [5.74, 6) is -3.62. The van der Waals surface area contributed by atoms with Crippen LogP contribution in [0.4, 0.5) is 0 Å². The van der Waals surface area contributed by atoms with Crippen molar-refractivity contribution < 1.29 is 43.1 Å². The SMILES string of the molecule is CCCCC/C=C\C1C2C3C(/C=C/C(=O)OC)=CC1(OC)C(=O)C3(OC)OO[C@H]2CCCCCCCC(=O)OCC. The van der Waals surface area contributed by atoms with Gasteiger partial charge in [-0.3, -0.25) is 9.59 Å². The average molecular weight is 577 g/mol. The number of methoxy groups -OCH3 is 3. The number of hydrogen-bond donors (Lipinski definition) is 0. The number of carbonyl (C=O) groups excluding carboxylic acids is 3. The number of rotatable bonds is 18. The van der Waals surface area contributed by atoms with Crippen LogP contribution in [0.25, 0.3) is 0 Å². The summed E-state index contributed by atoms with van der Waals surface area (Å²) < 4.78 is 21.7. The van der Waals surface area contributed by atoms with Gasteiger partial charge in [-0.2, -0.15) is 4.89 Å². The van der Waals surface area contributed by atoms with Crippen LogP contribution in [-0.2, 0) is 43.1 Å². The monoisotopic (exact) mass is 576 g/mol. The van der Waals surface area contributed by atoms with Crippen molar-refractivity contribution in [2.75, 3.05) is 27.9 Å². The van der Waals surface area contributed by atoms with E-state index in [1.807, 2.05) is 13.0 Å². The third-order valence-electron chi connectivity index (χ3n) is 8.59. The lowest BCUT2D eigenvalue weighted by molar-refractivity contribution is -0.485. The number of hydrogen-bond acceptors (Lipinski definition) is 9. The number of ether oxygens (including phenoxy) is 4. The molecule has 4 aliphatic rings. The van der Waals surface area contributed by atoms with Gasteiger partial charge in [0.05, 0.1) is 25.7 Å². The minimum atomic E-state index is -1.68. The number of ketones is 1. The van der Waals surface area contributed by atoms with Gasteiger partial charge in [-0.25, -0.2) is 9.68 Å². The Kier molecular flexibility index (Phi) is 12.8. The van der Waals surface area contributed by atoms with Crippen LogP contribution in [-0.4, -0.2) is 63.2 Å². The molecule has 9 nitrogen and oxygen atoms in total. The molecule has 1 aliphatic heterocycles. The first-order valence-electron chi connectivity index (χ1n) is 15.2. The van der Waals surface area contributed by atoms with Gasteiger partial charge in [0.15, 0.2) is 5.60 Å². The van der Waals surface area contributed by atoms with Crippen LogP contribution in [0.1, 0.15) is 84.5 Å². The van der Waals surface area contributed by atoms with E-state index in [2.05, 4.69) is 19.1 Å². The van der Waals surface area contributed by atoms with Crippen molar-refractivity contribution in [2.45, 2.75) is 102 Å². The van der Waals surface area contributed by atoms with E-state index in [0.29, 0.717) is 13.0 Å². The van der Waals surface area contributed by atoms with Crippen molar-refractivity contribution in [1.29, 1.82) is 0 Å². The van der Waals surface area contributed by atoms with E-state index >= 15 is 0 Å². The Morgan fingerprint density at radius 2 is 1.76 bits per heavy atom. The van der Waals surface area contributed by atoms with Gasteiger partial charge in [0.2, 0.25) is 5.78 Å². The summed E-state index contributed by atoms with van der Waals surface area (Å²) in [6.45, 7) is 4.40. The van der Waals surface area contributed by atoms with Crippen LogP contribution in [0.15, 0.2) is 36.0 Å². The largest absolute Gasteiger partial charge is 0.466 e. The highest BCUT2D eigenvalue weighted by Crippen LogP contribution is 2.61. The highest BCUT2D eigenvalue weighted by molar-refractivity contribution is 6.00. The highest BCUT2D eigenvalue weighted by atomic mass is 17.2. The fraction of sp³-hybridized carbons (Fsp3) is 0.719. The molecule has 0 spiro atoms. The molecule has 4 bridgehead atoms. The summed E-state index contributed by atoms with van der Waals surface area (Å²) in [5.41, 5.74) is -0.603. The number of esters is 2. The quantitative estimate of drug-likeness (QED) is 0.0680. The maximum Gasteiger partial charge on any atom is 0.330 e. The van der Waals surface area contributed by atoms with Crippen LogP contribution < -0.4 is 0 Å². The lowest BCUT2D eigenvalue weighted by Crippen LogP contribution is -2.76. The van der Waals surface area contributed by atoms with E-state index in [1.165, 1.54) is 27.4 Å². The summed E-state index contributed by atoms with van der Waals surface area (Å²) in [5, 5.41) is 0. The molecule has 230 valence electrons. The minimum absolute atomic E-state index is 0.144. The molecule has 4 rings (SSSR count). The molecule has 0 aromatic carbocycles. The molecule has 0 N–H and O–H groups in total. The van der Waals surface area contributed by atoms with Crippen molar-refractivity contribution in [3.05, 3.63) is 36.0 Å². The molecule has 41 heavy (non-hydrogen) atoms. The first-order valence-corrected chi connectivity index (χ1v) is 15.2. The van der Waals surface area contributed by atoms with Gasteiger partial charge in [-0.1, -0.05) is 63.7 Å². The molecule has 1 saturated carbocycles. The predicted octanol–water partition coefficient (Wildman–Crippen LogP) is 5.58. The fourth-order valence-corrected chi connectivity index (χ4v) is 6.56. The summed E-state index contributed by atoms with van der Waals surface area (Å²) in [4.78, 5) is 49.5. The summed E-state index contributed by atoms with van der Waals surface area (Å²) in [6.07, 6.45) is 18.9. The number of carbonyl (C=O) groups is 3. The van der Waals surface area contributed by atoms with Crippen LogP contribution in [0.2, 0.25) is 0 Å². The zero-order valence-corrected chi connectivity index (χ0v) is 25.4. The van der Waals surface area contributed by atoms with E-state index in [0.717, 1.165) is 69.8 Å². The highest BCUT2D eigenvalue weighted by Gasteiger charge is 2.74. The molecule has 0 radical (unpaired) electrons. The van der Waals surface area contributed by atoms with Crippen LogP contribution in [0.5, 0.6) is 0 Å². The third-order valence-corrected chi connectivity index (χ3v) is 8.59. The maximum absolute atomic E-state index is 14.1. The first-order chi connectivity index (χ1) is 19.8. The topological polar surface area (TPSA) is 107 Å². The predicted molar refractivity (Wildman–Crippen MR) is 152 cm³/mol. The molecule has 2 fully saturated rings. The van der Waals surface area contributed by atoms with Gasteiger partial charge in [0.1, 0.15) is 0 Å². The smallest absolute Gasteiger partial charge is 0.330 e. The zero-order chi connectivity index (χ0) is 29.9. The molecule has 0 aromatic rings. The Bertz CT molecular complexity index is 986. The molecule has 9 heteroatoms. The number of unbranched alkanes of at least 4 members (excludes halogenated alkanes) is 7. The van der Waals surface area contributed by atoms with E-state index in [-0.39, 0.29) is 29.7 Å². The Balaban J connectivity index is 1.84. The third kappa shape index (κ3) is 7.19. The first kappa shape index (κ1) is 33.2. The standard InChI is InChI=1S/C32H48O9/c1-6-8-9-11-14-17-24-28-25(18-15-12-10-13-16-19-27(34)39-7-2)40-41-32(38-5)29(28)23(20-21-26(33)36-3)22-31(24,37-4)30(32)35/h14,17,20-22,24-25,28-29H,6-13,15-16,18-19H2,1-5H3/b17-14-,21-20+/t24?,25-,28?,29?,31?,32?/m0/s1. The van der Waals surface area contributed by atoms with E-state index in [4.69, 9.17) is 28.7 Å². The molecule has 3 aliphatic carbocycles. The van der Waals surface area contributed by atoms with Gasteiger partial charge in [0.25, 0.3) is 5.79 Å². The van der Waals surface area contributed by atoms with E-state index in [1.54, 1.807) is 6.08 Å². The Labute approximate surface area is 244 Å². The zero-order valence-electron chi connectivity index (χ0n) is 25.4. The van der Waals surface area contributed by atoms with Gasteiger partial charge in [0, 0.05) is 38.6 Å². The van der Waals surface area contributed by atoms with Crippen molar-refractivity contribution >= 4 is 17.7 Å². The second-order valence-corrected chi connectivity index (χ2v) is 11.0. The van der Waals surface area contributed by atoms with Crippen LogP contribution in [0, 0.1) is 17.8 Å². The molecule has 1 saturated heterocycles. The lowest BCUT2D eigenvalue weighted by Gasteiger charge is -2.61. The fourth-order valence-electron chi connectivity index (χ4n) is 6.56. The Morgan fingerprint density at radius 3 is 2.44 bits per heavy atom. The van der Waals surface area contributed by atoms with Crippen molar-refractivity contribution in [2.24, 2.45) is 17.8 Å². The molecular formula is C32H48O9. The van der Waals surface area contributed by atoms with Crippen LogP contribution in [0.3, 0.4) is 0 Å². The molecule has 0 amide bonds. The van der Waals surface area contributed by atoms with Gasteiger partial charge >= 0.3 is 11.9 Å². The summed E-state index contributed by atoms with van der Waals surface area (Å²) >= 11 is 0. The molecule has 5 unspecified atom stereocenters. The number of allylic oxidation sites excluding steroid dienone is 2. The average Bonchev–Trinajstić information content (AvgIpc) is 2.98. The van der Waals surface area contributed by atoms with Gasteiger partial charge in [-0.05, 0) is 44.3 Å². The van der Waals surface area contributed by atoms with Crippen LogP contribution >= 0.6 is 0 Å². The molecular weight excluding hydrogens is 528 g/mol. The second kappa shape index (κ2) is 15.8. The molecule has 6 atom stereocenters. The van der Waals surface area contributed by atoms with Crippen molar-refractivity contribution in [3.8, 4) is 0 Å². The van der Waals surface area contributed by atoms with E-state index < -0.39 is 23.3 Å². The van der Waals surface area contributed by atoms with Gasteiger partial charge in [-0.15, -0.1) is 0 Å².